The highest BCUT2D eigenvalue weighted by molar-refractivity contribution is 7.99. The summed E-state index contributed by atoms with van der Waals surface area (Å²) in [5.41, 5.74) is 0.0430. The molecule has 1 aliphatic heterocycles. The molecule has 1 atom stereocenters. The first-order chi connectivity index (χ1) is 7.16. The number of halogens is 3. The molecular formula is C10H10F3NS. The van der Waals surface area contributed by atoms with E-state index >= 15 is 0 Å². The third kappa shape index (κ3) is 2.40. The molecule has 15 heavy (non-hydrogen) atoms. The van der Waals surface area contributed by atoms with Crippen molar-refractivity contribution in [1.29, 1.82) is 0 Å². The van der Waals surface area contributed by atoms with E-state index in [4.69, 9.17) is 0 Å². The van der Waals surface area contributed by atoms with Crippen LogP contribution in [0.2, 0.25) is 0 Å². The van der Waals surface area contributed by atoms with Gasteiger partial charge in [-0.15, -0.1) is 0 Å². The molecule has 1 aromatic rings. The number of nitrogens with one attached hydrogen (secondary N) is 1. The summed E-state index contributed by atoms with van der Waals surface area (Å²) in [6.45, 7) is 0. The van der Waals surface area contributed by atoms with Crippen LogP contribution in [0.5, 0.6) is 0 Å². The lowest BCUT2D eigenvalue weighted by molar-refractivity contribution is 0.495. The molecule has 1 unspecified atom stereocenters. The standard InChI is InChI=1S/C10H10F3NS/c11-7-3-9(13)10(4-8(7)12)14-6-1-2-15-5-6/h3-4,6,14H,1-2,5H2. The van der Waals surface area contributed by atoms with Crippen LogP contribution in [-0.2, 0) is 0 Å². The smallest absolute Gasteiger partial charge is 0.161 e. The predicted octanol–water partition coefficient (Wildman–Crippen LogP) is 3.02. The second-order valence-corrected chi connectivity index (χ2v) is 4.60. The van der Waals surface area contributed by atoms with Gasteiger partial charge in [-0.05, 0) is 12.2 Å². The van der Waals surface area contributed by atoms with E-state index in [2.05, 4.69) is 5.32 Å². The Labute approximate surface area is 90.1 Å². The molecule has 1 nitrogen and oxygen atoms in total. The second kappa shape index (κ2) is 4.35. The van der Waals surface area contributed by atoms with Crippen LogP contribution in [0.1, 0.15) is 6.42 Å². The summed E-state index contributed by atoms with van der Waals surface area (Å²) in [6.07, 6.45) is 0.920. The van der Waals surface area contributed by atoms with Crippen molar-refractivity contribution in [3.63, 3.8) is 0 Å². The van der Waals surface area contributed by atoms with Gasteiger partial charge in [0.15, 0.2) is 11.6 Å². The number of anilines is 1. The van der Waals surface area contributed by atoms with Crippen molar-refractivity contribution in [3.8, 4) is 0 Å². The van der Waals surface area contributed by atoms with E-state index in [9.17, 15) is 13.2 Å². The molecule has 0 saturated carbocycles. The van der Waals surface area contributed by atoms with Crippen LogP contribution in [0.15, 0.2) is 12.1 Å². The van der Waals surface area contributed by atoms with E-state index in [0.29, 0.717) is 6.07 Å². The van der Waals surface area contributed by atoms with Crippen molar-refractivity contribution in [2.75, 3.05) is 16.8 Å². The molecule has 1 aromatic carbocycles. The molecule has 1 heterocycles. The normalized spacial score (nSPS) is 20.6. The van der Waals surface area contributed by atoms with Crippen LogP contribution in [0.25, 0.3) is 0 Å². The summed E-state index contributed by atoms with van der Waals surface area (Å²) in [5.74, 6) is -1.03. The maximum atomic E-state index is 13.2. The molecule has 0 radical (unpaired) electrons. The molecule has 0 aliphatic carbocycles. The highest BCUT2D eigenvalue weighted by Crippen LogP contribution is 2.24. The summed E-state index contributed by atoms with van der Waals surface area (Å²) in [6, 6.07) is 1.59. The number of benzene rings is 1. The monoisotopic (exact) mass is 233 g/mol. The summed E-state index contributed by atoms with van der Waals surface area (Å²) in [7, 11) is 0. The molecule has 0 bridgehead atoms. The summed E-state index contributed by atoms with van der Waals surface area (Å²) >= 11 is 1.76. The third-order valence-corrected chi connectivity index (χ3v) is 3.46. The number of thioether (sulfide) groups is 1. The van der Waals surface area contributed by atoms with E-state index in [1.165, 1.54) is 0 Å². The maximum Gasteiger partial charge on any atom is 0.161 e. The number of hydrogen-bond acceptors (Lipinski definition) is 2. The minimum Gasteiger partial charge on any atom is -0.379 e. The molecule has 1 fully saturated rings. The molecule has 1 N–H and O–H groups in total. The van der Waals surface area contributed by atoms with Gasteiger partial charge in [0.1, 0.15) is 5.82 Å². The van der Waals surface area contributed by atoms with Gasteiger partial charge < -0.3 is 5.32 Å². The lowest BCUT2D eigenvalue weighted by Crippen LogP contribution is -2.19. The van der Waals surface area contributed by atoms with Crippen LogP contribution in [0.3, 0.4) is 0 Å². The second-order valence-electron chi connectivity index (χ2n) is 3.45. The summed E-state index contributed by atoms with van der Waals surface area (Å²) in [5, 5.41) is 2.87. The van der Waals surface area contributed by atoms with Crippen LogP contribution in [0.4, 0.5) is 18.9 Å². The van der Waals surface area contributed by atoms with Gasteiger partial charge in [-0.3, -0.25) is 0 Å². The Morgan fingerprint density at radius 2 is 1.87 bits per heavy atom. The highest BCUT2D eigenvalue weighted by atomic mass is 32.2. The molecule has 0 aromatic heterocycles. The topological polar surface area (TPSA) is 12.0 Å². The lowest BCUT2D eigenvalue weighted by atomic mass is 10.2. The van der Waals surface area contributed by atoms with Gasteiger partial charge >= 0.3 is 0 Å². The Morgan fingerprint density at radius 1 is 1.13 bits per heavy atom. The fraction of sp³-hybridized carbons (Fsp3) is 0.400. The fourth-order valence-electron chi connectivity index (χ4n) is 1.50. The van der Waals surface area contributed by atoms with Crippen LogP contribution in [-0.4, -0.2) is 17.5 Å². The Hall–Kier alpha value is -0.840. The molecule has 1 aliphatic rings. The molecular weight excluding hydrogens is 223 g/mol. The van der Waals surface area contributed by atoms with Gasteiger partial charge in [0, 0.05) is 23.9 Å². The molecule has 5 heteroatoms. The van der Waals surface area contributed by atoms with Gasteiger partial charge in [0.25, 0.3) is 0 Å². The molecule has 0 amide bonds. The van der Waals surface area contributed by atoms with Gasteiger partial charge in [-0.1, -0.05) is 0 Å². The van der Waals surface area contributed by atoms with E-state index < -0.39 is 17.5 Å². The van der Waals surface area contributed by atoms with Crippen molar-refractivity contribution < 1.29 is 13.2 Å². The predicted molar refractivity (Wildman–Crippen MR) is 55.7 cm³/mol. The third-order valence-electron chi connectivity index (χ3n) is 2.30. The van der Waals surface area contributed by atoms with Gasteiger partial charge in [0.2, 0.25) is 0 Å². The highest BCUT2D eigenvalue weighted by Gasteiger charge is 2.17. The van der Waals surface area contributed by atoms with Gasteiger partial charge in [-0.25, -0.2) is 13.2 Å². The first kappa shape index (κ1) is 10.7. The molecule has 82 valence electrons. The Morgan fingerprint density at radius 3 is 2.53 bits per heavy atom. The average molecular weight is 233 g/mol. The van der Waals surface area contributed by atoms with Gasteiger partial charge in [0.05, 0.1) is 5.69 Å². The van der Waals surface area contributed by atoms with E-state index in [1.807, 2.05) is 0 Å². The van der Waals surface area contributed by atoms with Crippen molar-refractivity contribution in [3.05, 3.63) is 29.6 Å². The van der Waals surface area contributed by atoms with Crippen molar-refractivity contribution >= 4 is 17.4 Å². The zero-order chi connectivity index (χ0) is 10.8. The van der Waals surface area contributed by atoms with Gasteiger partial charge in [-0.2, -0.15) is 11.8 Å². The van der Waals surface area contributed by atoms with Crippen LogP contribution < -0.4 is 5.32 Å². The zero-order valence-electron chi connectivity index (χ0n) is 7.90. The van der Waals surface area contributed by atoms with Crippen molar-refractivity contribution in [2.24, 2.45) is 0 Å². The van der Waals surface area contributed by atoms with Crippen molar-refractivity contribution in [2.45, 2.75) is 12.5 Å². The summed E-state index contributed by atoms with van der Waals surface area (Å²) < 4.78 is 38.7. The van der Waals surface area contributed by atoms with E-state index in [-0.39, 0.29) is 11.7 Å². The average Bonchev–Trinajstić information content (AvgIpc) is 2.67. The van der Waals surface area contributed by atoms with E-state index in [0.717, 1.165) is 24.0 Å². The number of hydrogen-bond donors (Lipinski definition) is 1. The zero-order valence-corrected chi connectivity index (χ0v) is 8.71. The maximum absolute atomic E-state index is 13.2. The SMILES string of the molecule is Fc1cc(F)c(NC2CCSC2)cc1F. The van der Waals surface area contributed by atoms with Crippen LogP contribution in [0, 0.1) is 17.5 Å². The van der Waals surface area contributed by atoms with Crippen molar-refractivity contribution in [1.82, 2.24) is 0 Å². The minimum absolute atomic E-state index is 0.0430. The Balaban J connectivity index is 2.16. The molecule has 0 spiro atoms. The lowest BCUT2D eigenvalue weighted by Gasteiger charge is -2.13. The first-order valence-corrected chi connectivity index (χ1v) is 5.81. The Bertz CT molecular complexity index is 364. The largest absolute Gasteiger partial charge is 0.379 e. The molecule has 2 rings (SSSR count). The number of rotatable bonds is 2. The first-order valence-electron chi connectivity index (χ1n) is 4.65. The summed E-state index contributed by atoms with van der Waals surface area (Å²) in [4.78, 5) is 0. The minimum atomic E-state index is -1.15. The Kier molecular flexibility index (Phi) is 3.09. The fourth-order valence-corrected chi connectivity index (χ4v) is 2.65. The molecule has 1 saturated heterocycles. The van der Waals surface area contributed by atoms with E-state index in [1.54, 1.807) is 11.8 Å². The quantitative estimate of drug-likeness (QED) is 0.788. The van der Waals surface area contributed by atoms with Crippen LogP contribution >= 0.6 is 11.8 Å².